The standard InChI is InChI=1S/C15H15F2N5/c1-9-10(8-19-22(9)2)7-18-14-11-5-3-4-6-12(11)20-15(21-14)13(16)17/h3-6,8,13H,7H2,1-2H3,(H,18,20,21). The molecule has 0 fully saturated rings. The molecule has 0 atom stereocenters. The lowest BCUT2D eigenvalue weighted by molar-refractivity contribution is 0.141. The molecule has 0 radical (unpaired) electrons. The van der Waals surface area contributed by atoms with Crippen LogP contribution in [0.5, 0.6) is 0 Å². The van der Waals surface area contributed by atoms with Crippen LogP contribution >= 0.6 is 0 Å². The first kappa shape index (κ1) is 14.4. The Balaban J connectivity index is 1.96. The number of benzene rings is 1. The van der Waals surface area contributed by atoms with E-state index in [2.05, 4.69) is 20.4 Å². The maximum absolute atomic E-state index is 12.9. The molecular weight excluding hydrogens is 288 g/mol. The summed E-state index contributed by atoms with van der Waals surface area (Å²) in [5.74, 6) is -0.0618. The highest BCUT2D eigenvalue weighted by Gasteiger charge is 2.15. The van der Waals surface area contributed by atoms with Crippen molar-refractivity contribution in [1.29, 1.82) is 0 Å². The predicted octanol–water partition coefficient (Wildman–Crippen LogP) is 3.22. The van der Waals surface area contributed by atoms with E-state index in [-0.39, 0.29) is 0 Å². The number of nitrogens with one attached hydrogen (secondary N) is 1. The molecule has 0 aliphatic carbocycles. The first-order valence-corrected chi connectivity index (χ1v) is 6.82. The third kappa shape index (κ3) is 2.61. The van der Waals surface area contributed by atoms with Gasteiger partial charge in [0.25, 0.3) is 6.43 Å². The van der Waals surface area contributed by atoms with Gasteiger partial charge < -0.3 is 5.32 Å². The van der Waals surface area contributed by atoms with E-state index in [1.165, 1.54) is 0 Å². The second-order valence-corrected chi connectivity index (χ2v) is 4.98. The van der Waals surface area contributed by atoms with Crippen molar-refractivity contribution in [2.24, 2.45) is 7.05 Å². The first-order valence-electron chi connectivity index (χ1n) is 6.82. The van der Waals surface area contributed by atoms with E-state index in [9.17, 15) is 8.78 Å². The Morgan fingerprint density at radius 3 is 2.68 bits per heavy atom. The molecule has 0 saturated heterocycles. The quantitative estimate of drug-likeness (QED) is 0.804. The average molecular weight is 303 g/mol. The van der Waals surface area contributed by atoms with Gasteiger partial charge in [0.15, 0.2) is 5.82 Å². The van der Waals surface area contributed by atoms with Crippen molar-refractivity contribution in [2.75, 3.05) is 5.32 Å². The lowest BCUT2D eigenvalue weighted by Gasteiger charge is -2.10. The van der Waals surface area contributed by atoms with Gasteiger partial charge in [-0.25, -0.2) is 18.7 Å². The van der Waals surface area contributed by atoms with Gasteiger partial charge in [-0.2, -0.15) is 5.10 Å². The minimum atomic E-state index is -2.70. The summed E-state index contributed by atoms with van der Waals surface area (Å²) in [4.78, 5) is 7.85. The van der Waals surface area contributed by atoms with E-state index in [1.54, 1.807) is 23.0 Å². The Morgan fingerprint density at radius 1 is 1.23 bits per heavy atom. The van der Waals surface area contributed by atoms with Crippen molar-refractivity contribution in [3.05, 3.63) is 47.5 Å². The van der Waals surface area contributed by atoms with Crippen LogP contribution in [-0.2, 0) is 13.6 Å². The number of aryl methyl sites for hydroxylation is 1. The Bertz CT molecular complexity index is 813. The van der Waals surface area contributed by atoms with Gasteiger partial charge in [-0.1, -0.05) is 12.1 Å². The smallest absolute Gasteiger partial charge is 0.297 e. The van der Waals surface area contributed by atoms with Crippen molar-refractivity contribution in [2.45, 2.75) is 19.9 Å². The highest BCUT2D eigenvalue weighted by atomic mass is 19.3. The SMILES string of the molecule is Cc1c(CNc2nc(C(F)F)nc3ccccc23)cnn1C. The van der Waals surface area contributed by atoms with Crippen LogP contribution < -0.4 is 5.32 Å². The summed E-state index contributed by atoms with van der Waals surface area (Å²) in [6.07, 6.45) is -0.954. The van der Waals surface area contributed by atoms with Crippen molar-refractivity contribution in [3.8, 4) is 0 Å². The van der Waals surface area contributed by atoms with E-state index in [1.807, 2.05) is 26.1 Å². The maximum Gasteiger partial charge on any atom is 0.297 e. The molecule has 2 aromatic heterocycles. The lowest BCUT2D eigenvalue weighted by atomic mass is 10.2. The fourth-order valence-electron chi connectivity index (χ4n) is 2.22. The molecule has 0 bridgehead atoms. The van der Waals surface area contributed by atoms with Gasteiger partial charge in [0.2, 0.25) is 0 Å². The second-order valence-electron chi connectivity index (χ2n) is 4.98. The maximum atomic E-state index is 12.9. The molecule has 3 aromatic rings. The highest BCUT2D eigenvalue weighted by Crippen LogP contribution is 2.24. The van der Waals surface area contributed by atoms with Crippen LogP contribution in [0.3, 0.4) is 0 Å². The fraction of sp³-hybridized carbons (Fsp3) is 0.267. The number of hydrogen-bond donors (Lipinski definition) is 1. The number of alkyl halides is 2. The van der Waals surface area contributed by atoms with Crippen LogP contribution in [0.15, 0.2) is 30.5 Å². The molecule has 0 amide bonds. The van der Waals surface area contributed by atoms with Crippen molar-refractivity contribution >= 4 is 16.7 Å². The van der Waals surface area contributed by atoms with Gasteiger partial charge >= 0.3 is 0 Å². The van der Waals surface area contributed by atoms with Crippen LogP contribution in [0.2, 0.25) is 0 Å². The molecule has 0 spiro atoms. The summed E-state index contributed by atoms with van der Waals surface area (Å²) >= 11 is 0. The third-order valence-corrected chi connectivity index (χ3v) is 3.60. The molecule has 0 aliphatic heterocycles. The van der Waals surface area contributed by atoms with Crippen LogP contribution in [0.1, 0.15) is 23.5 Å². The summed E-state index contributed by atoms with van der Waals surface area (Å²) in [7, 11) is 1.85. The van der Waals surface area contributed by atoms with Crippen LogP contribution in [0, 0.1) is 6.92 Å². The molecular formula is C15H15F2N5. The van der Waals surface area contributed by atoms with E-state index in [0.29, 0.717) is 23.3 Å². The van der Waals surface area contributed by atoms with Gasteiger partial charge in [0.1, 0.15) is 5.82 Å². The molecule has 5 nitrogen and oxygen atoms in total. The Labute approximate surface area is 126 Å². The van der Waals surface area contributed by atoms with Crippen LogP contribution in [0.25, 0.3) is 10.9 Å². The molecule has 2 heterocycles. The summed E-state index contributed by atoms with van der Waals surface area (Å²) < 4.78 is 27.6. The topological polar surface area (TPSA) is 55.6 Å². The molecule has 0 aliphatic rings. The third-order valence-electron chi connectivity index (χ3n) is 3.60. The van der Waals surface area contributed by atoms with Gasteiger partial charge in [-0.05, 0) is 19.1 Å². The summed E-state index contributed by atoms with van der Waals surface area (Å²) in [6.45, 7) is 2.41. The van der Waals surface area contributed by atoms with Gasteiger partial charge in [-0.15, -0.1) is 0 Å². The molecule has 22 heavy (non-hydrogen) atoms. The monoisotopic (exact) mass is 303 g/mol. The minimum Gasteiger partial charge on any atom is -0.365 e. The average Bonchev–Trinajstić information content (AvgIpc) is 2.84. The number of halogens is 2. The van der Waals surface area contributed by atoms with E-state index in [4.69, 9.17) is 0 Å². The molecule has 0 saturated carbocycles. The fourth-order valence-corrected chi connectivity index (χ4v) is 2.22. The summed E-state index contributed by atoms with van der Waals surface area (Å²) in [6, 6.07) is 7.10. The van der Waals surface area contributed by atoms with Crippen LogP contribution in [-0.4, -0.2) is 19.7 Å². The van der Waals surface area contributed by atoms with Gasteiger partial charge in [-0.3, -0.25) is 4.68 Å². The number of para-hydroxylation sites is 1. The molecule has 1 N–H and O–H groups in total. The summed E-state index contributed by atoms with van der Waals surface area (Å²) in [5.41, 5.74) is 2.50. The van der Waals surface area contributed by atoms with E-state index < -0.39 is 12.2 Å². The number of nitrogens with zero attached hydrogens (tertiary/aromatic N) is 4. The highest BCUT2D eigenvalue weighted by molar-refractivity contribution is 5.88. The lowest BCUT2D eigenvalue weighted by Crippen LogP contribution is -2.06. The van der Waals surface area contributed by atoms with Gasteiger partial charge in [0.05, 0.1) is 11.7 Å². The molecule has 0 unspecified atom stereocenters. The Hall–Kier alpha value is -2.57. The Morgan fingerprint density at radius 2 is 2.00 bits per heavy atom. The number of anilines is 1. The zero-order chi connectivity index (χ0) is 15.7. The number of hydrogen-bond acceptors (Lipinski definition) is 4. The molecule has 3 rings (SSSR count). The molecule has 1 aromatic carbocycles. The Kier molecular flexibility index (Phi) is 3.70. The summed E-state index contributed by atoms with van der Waals surface area (Å²) in [5, 5.41) is 7.99. The predicted molar refractivity (Wildman–Crippen MR) is 79.8 cm³/mol. The van der Waals surface area contributed by atoms with Crippen LogP contribution in [0.4, 0.5) is 14.6 Å². The van der Waals surface area contributed by atoms with Crippen molar-refractivity contribution in [3.63, 3.8) is 0 Å². The zero-order valence-corrected chi connectivity index (χ0v) is 12.2. The van der Waals surface area contributed by atoms with Crippen molar-refractivity contribution in [1.82, 2.24) is 19.7 Å². The van der Waals surface area contributed by atoms with E-state index >= 15 is 0 Å². The normalized spacial score (nSPS) is 11.3. The number of rotatable bonds is 4. The minimum absolute atomic E-state index is 0.407. The van der Waals surface area contributed by atoms with Gasteiger partial charge in [0, 0.05) is 30.2 Å². The number of fused-ring (bicyclic) bond motifs is 1. The molecule has 114 valence electrons. The number of aromatic nitrogens is 4. The molecule has 7 heteroatoms. The second kappa shape index (κ2) is 5.67. The van der Waals surface area contributed by atoms with Crippen molar-refractivity contribution < 1.29 is 8.78 Å². The van der Waals surface area contributed by atoms with E-state index in [0.717, 1.165) is 11.3 Å². The zero-order valence-electron chi connectivity index (χ0n) is 12.2. The first-order chi connectivity index (χ1) is 10.6. The largest absolute Gasteiger partial charge is 0.365 e.